The fourth-order valence-electron chi connectivity index (χ4n) is 2.67. The average molecular weight is 235 g/mol. The zero-order valence-electron chi connectivity index (χ0n) is 10.6. The Kier molecular flexibility index (Phi) is 2.77. The van der Waals surface area contributed by atoms with Crippen LogP contribution in [0, 0.1) is 0 Å². The fraction of sp³-hybridized carbons (Fsp3) is 0.176. The van der Waals surface area contributed by atoms with E-state index in [1.807, 2.05) is 6.08 Å². The summed E-state index contributed by atoms with van der Waals surface area (Å²) in [5.74, 6) is 0. The number of benzene rings is 2. The van der Waals surface area contributed by atoms with Crippen molar-refractivity contribution < 1.29 is 0 Å². The molecule has 1 unspecified atom stereocenters. The van der Waals surface area contributed by atoms with Crippen molar-refractivity contribution in [2.45, 2.75) is 19.0 Å². The summed E-state index contributed by atoms with van der Waals surface area (Å²) in [5.41, 5.74) is 5.43. The molecule has 0 bridgehead atoms. The van der Waals surface area contributed by atoms with Crippen LogP contribution >= 0.6 is 0 Å². The second-order valence-corrected chi connectivity index (χ2v) is 4.80. The Labute approximate surface area is 108 Å². The third-order valence-electron chi connectivity index (χ3n) is 3.62. The van der Waals surface area contributed by atoms with Crippen LogP contribution in [0.1, 0.15) is 24.1 Å². The lowest BCUT2D eigenvalue weighted by atomic mass is 10.0. The maximum atomic E-state index is 3.85. The molecule has 1 aliphatic rings. The van der Waals surface area contributed by atoms with Gasteiger partial charge in [0, 0.05) is 6.04 Å². The van der Waals surface area contributed by atoms with Crippen LogP contribution < -0.4 is 5.32 Å². The normalized spacial score (nSPS) is 14.9. The Hall–Kier alpha value is -1.86. The van der Waals surface area contributed by atoms with E-state index in [4.69, 9.17) is 0 Å². The van der Waals surface area contributed by atoms with Crippen LogP contribution in [-0.4, -0.2) is 6.04 Å². The monoisotopic (exact) mass is 235 g/mol. The Morgan fingerprint density at radius 2 is 1.50 bits per heavy atom. The van der Waals surface area contributed by atoms with Crippen molar-refractivity contribution in [3.05, 3.63) is 72.3 Å². The summed E-state index contributed by atoms with van der Waals surface area (Å²) in [6, 6.07) is 17.8. The molecule has 0 spiro atoms. The van der Waals surface area contributed by atoms with Gasteiger partial charge in [-0.15, -0.1) is 6.58 Å². The molecule has 0 amide bonds. The Morgan fingerprint density at radius 3 is 2.00 bits per heavy atom. The summed E-state index contributed by atoms with van der Waals surface area (Å²) in [7, 11) is 0. The van der Waals surface area contributed by atoms with E-state index >= 15 is 0 Å². The van der Waals surface area contributed by atoms with Crippen LogP contribution in [0.2, 0.25) is 0 Å². The van der Waals surface area contributed by atoms with Gasteiger partial charge < -0.3 is 5.32 Å². The highest BCUT2D eigenvalue weighted by molar-refractivity contribution is 5.78. The highest BCUT2D eigenvalue weighted by Gasteiger charge is 2.27. The first-order valence-corrected chi connectivity index (χ1v) is 6.38. The summed E-state index contributed by atoms with van der Waals surface area (Å²) in [5, 5.41) is 3.62. The Morgan fingerprint density at radius 1 is 1.00 bits per heavy atom. The van der Waals surface area contributed by atoms with Gasteiger partial charge in [0.15, 0.2) is 0 Å². The van der Waals surface area contributed by atoms with Gasteiger partial charge in [0.25, 0.3) is 0 Å². The molecule has 3 rings (SSSR count). The van der Waals surface area contributed by atoms with Gasteiger partial charge in [0.05, 0.1) is 6.04 Å². The van der Waals surface area contributed by atoms with Crippen molar-refractivity contribution in [1.82, 2.24) is 5.32 Å². The van der Waals surface area contributed by atoms with E-state index in [-0.39, 0.29) is 6.04 Å². The summed E-state index contributed by atoms with van der Waals surface area (Å²) in [6.45, 7) is 5.99. The molecule has 0 saturated carbocycles. The van der Waals surface area contributed by atoms with Crippen molar-refractivity contribution in [3.63, 3.8) is 0 Å². The smallest absolute Gasteiger partial charge is 0.0593 e. The average Bonchev–Trinajstić information content (AvgIpc) is 2.74. The molecular formula is C17H17N. The standard InChI is InChI=1S/C17H17N/c1-3-12(2)18-17-15-10-6-4-8-13(15)14-9-5-7-11-16(14)17/h3-12,17-18H,1H2,2H3. The number of hydrogen-bond donors (Lipinski definition) is 1. The first-order chi connectivity index (χ1) is 8.81. The summed E-state index contributed by atoms with van der Waals surface area (Å²) in [4.78, 5) is 0. The lowest BCUT2D eigenvalue weighted by molar-refractivity contribution is 0.571. The van der Waals surface area contributed by atoms with Gasteiger partial charge in [0.1, 0.15) is 0 Å². The Bertz CT molecular complexity index is 540. The van der Waals surface area contributed by atoms with Crippen LogP contribution in [0.3, 0.4) is 0 Å². The highest BCUT2D eigenvalue weighted by atomic mass is 14.9. The summed E-state index contributed by atoms with van der Waals surface area (Å²) < 4.78 is 0. The predicted molar refractivity (Wildman–Crippen MR) is 76.5 cm³/mol. The van der Waals surface area contributed by atoms with Gasteiger partial charge in [-0.2, -0.15) is 0 Å². The predicted octanol–water partition coefficient (Wildman–Crippen LogP) is 3.92. The minimum Gasteiger partial charge on any atom is -0.300 e. The first kappa shape index (κ1) is 11.2. The molecule has 1 heteroatoms. The molecule has 1 N–H and O–H groups in total. The van der Waals surface area contributed by atoms with Crippen molar-refractivity contribution in [3.8, 4) is 11.1 Å². The van der Waals surface area contributed by atoms with Crippen molar-refractivity contribution in [1.29, 1.82) is 0 Å². The van der Waals surface area contributed by atoms with Gasteiger partial charge in [-0.1, -0.05) is 54.6 Å². The fourth-order valence-corrected chi connectivity index (χ4v) is 2.67. The minimum atomic E-state index is 0.283. The van der Waals surface area contributed by atoms with E-state index in [9.17, 15) is 0 Å². The van der Waals surface area contributed by atoms with Crippen molar-refractivity contribution in [2.75, 3.05) is 0 Å². The van der Waals surface area contributed by atoms with Gasteiger partial charge in [0.2, 0.25) is 0 Å². The first-order valence-electron chi connectivity index (χ1n) is 6.38. The maximum absolute atomic E-state index is 3.85. The number of nitrogens with one attached hydrogen (secondary N) is 1. The van der Waals surface area contributed by atoms with Crippen LogP contribution in [0.25, 0.3) is 11.1 Å². The zero-order valence-corrected chi connectivity index (χ0v) is 10.6. The van der Waals surface area contributed by atoms with E-state index in [0.29, 0.717) is 6.04 Å². The van der Waals surface area contributed by atoms with Crippen LogP contribution in [0.5, 0.6) is 0 Å². The topological polar surface area (TPSA) is 12.0 Å². The molecule has 2 aromatic carbocycles. The molecule has 0 aromatic heterocycles. The lowest BCUT2D eigenvalue weighted by Crippen LogP contribution is -2.28. The van der Waals surface area contributed by atoms with Gasteiger partial charge in [-0.3, -0.25) is 0 Å². The molecule has 0 fully saturated rings. The largest absolute Gasteiger partial charge is 0.300 e. The SMILES string of the molecule is C=CC(C)NC1c2ccccc2-c2ccccc21. The molecule has 0 heterocycles. The molecule has 90 valence electrons. The molecule has 1 nitrogen and oxygen atoms in total. The molecule has 0 aliphatic heterocycles. The second kappa shape index (κ2) is 4.43. The highest BCUT2D eigenvalue weighted by Crippen LogP contribution is 2.43. The van der Waals surface area contributed by atoms with E-state index in [2.05, 4.69) is 67.4 Å². The molecular weight excluding hydrogens is 218 g/mol. The molecule has 18 heavy (non-hydrogen) atoms. The van der Waals surface area contributed by atoms with E-state index in [1.165, 1.54) is 22.3 Å². The minimum absolute atomic E-state index is 0.283. The molecule has 1 aliphatic carbocycles. The van der Waals surface area contributed by atoms with Crippen LogP contribution in [0.15, 0.2) is 61.2 Å². The van der Waals surface area contributed by atoms with E-state index < -0.39 is 0 Å². The lowest BCUT2D eigenvalue weighted by Gasteiger charge is -2.19. The van der Waals surface area contributed by atoms with Crippen LogP contribution in [-0.2, 0) is 0 Å². The molecule has 0 saturated heterocycles. The third-order valence-corrected chi connectivity index (χ3v) is 3.62. The number of rotatable bonds is 3. The Balaban J connectivity index is 2.11. The maximum Gasteiger partial charge on any atom is 0.0593 e. The summed E-state index contributed by atoms with van der Waals surface area (Å²) >= 11 is 0. The zero-order chi connectivity index (χ0) is 12.5. The van der Waals surface area contributed by atoms with E-state index in [0.717, 1.165) is 0 Å². The van der Waals surface area contributed by atoms with Gasteiger partial charge in [-0.05, 0) is 29.2 Å². The summed E-state index contributed by atoms with van der Waals surface area (Å²) in [6.07, 6.45) is 1.95. The molecule has 2 aromatic rings. The number of fused-ring (bicyclic) bond motifs is 3. The molecule has 0 radical (unpaired) electrons. The van der Waals surface area contributed by atoms with Gasteiger partial charge >= 0.3 is 0 Å². The quantitative estimate of drug-likeness (QED) is 0.795. The van der Waals surface area contributed by atoms with Crippen molar-refractivity contribution >= 4 is 0 Å². The third kappa shape index (κ3) is 1.68. The van der Waals surface area contributed by atoms with Crippen LogP contribution in [0.4, 0.5) is 0 Å². The van der Waals surface area contributed by atoms with Crippen molar-refractivity contribution in [2.24, 2.45) is 0 Å². The number of hydrogen-bond acceptors (Lipinski definition) is 1. The second-order valence-electron chi connectivity index (χ2n) is 4.80. The van der Waals surface area contributed by atoms with E-state index in [1.54, 1.807) is 0 Å². The molecule has 1 atom stereocenters. The van der Waals surface area contributed by atoms with Gasteiger partial charge in [-0.25, -0.2) is 0 Å².